The normalized spacial score (nSPS) is 13.8. The van der Waals surface area contributed by atoms with E-state index in [1.165, 1.54) is 6.08 Å². The average Bonchev–Trinajstić information content (AvgIpc) is 2.55. The maximum absolute atomic E-state index is 11.6. The van der Waals surface area contributed by atoms with E-state index in [0.717, 1.165) is 5.56 Å². The minimum absolute atomic E-state index is 0.358. The molecule has 16 heavy (non-hydrogen) atoms. The van der Waals surface area contributed by atoms with E-state index in [1.54, 1.807) is 18.2 Å². The fraction of sp³-hybridized carbons (Fsp3) is 0.0833. The third kappa shape index (κ3) is 1.39. The van der Waals surface area contributed by atoms with Crippen LogP contribution in [-0.2, 0) is 4.79 Å². The third-order valence-corrected chi connectivity index (χ3v) is 2.47. The molecule has 0 unspecified atom stereocenters. The number of benzene rings is 1. The highest BCUT2D eigenvalue weighted by Crippen LogP contribution is 2.29. The molecule has 0 saturated carbocycles. The molecular formula is C12H8N2O2. The molecule has 1 aliphatic rings. The molecule has 0 aromatic heterocycles. The standard InChI is InChI=1S/C12H8N2O2/c1-7-4-5-9-10(8(7)3-2-6-13)11(15)12(16)14-9/h2-5H,1H3,(H,14,15,16). The Balaban J connectivity index is 2.67. The quantitative estimate of drug-likeness (QED) is 0.568. The Hall–Kier alpha value is -2.41. The summed E-state index contributed by atoms with van der Waals surface area (Å²) in [6.07, 6.45) is 2.84. The molecule has 2 rings (SSSR count). The topological polar surface area (TPSA) is 70.0 Å². The summed E-state index contributed by atoms with van der Waals surface area (Å²) in [6, 6.07) is 5.36. The predicted octanol–water partition coefficient (Wildman–Crippen LogP) is 1.67. The summed E-state index contributed by atoms with van der Waals surface area (Å²) in [5.74, 6) is -1.16. The Morgan fingerprint density at radius 1 is 1.38 bits per heavy atom. The fourth-order valence-electron chi connectivity index (χ4n) is 1.70. The Labute approximate surface area is 92.2 Å². The number of hydrogen-bond acceptors (Lipinski definition) is 3. The van der Waals surface area contributed by atoms with Crippen LogP contribution >= 0.6 is 0 Å². The molecule has 0 spiro atoms. The number of carbonyl (C=O) groups excluding carboxylic acids is 2. The van der Waals surface area contributed by atoms with Gasteiger partial charge in [-0.1, -0.05) is 6.07 Å². The lowest BCUT2D eigenvalue weighted by atomic mass is 9.98. The van der Waals surface area contributed by atoms with Crippen LogP contribution in [0.4, 0.5) is 5.69 Å². The second-order valence-electron chi connectivity index (χ2n) is 3.46. The number of aryl methyl sites for hydroxylation is 1. The molecule has 1 N–H and O–H groups in total. The number of fused-ring (bicyclic) bond motifs is 1. The lowest BCUT2D eigenvalue weighted by molar-refractivity contribution is -0.112. The van der Waals surface area contributed by atoms with Gasteiger partial charge in [0.15, 0.2) is 0 Å². The summed E-state index contributed by atoms with van der Waals surface area (Å²) < 4.78 is 0. The first-order valence-electron chi connectivity index (χ1n) is 4.70. The molecule has 0 atom stereocenters. The largest absolute Gasteiger partial charge is 0.318 e. The maximum Gasteiger partial charge on any atom is 0.296 e. The Kier molecular flexibility index (Phi) is 2.29. The SMILES string of the molecule is Cc1ccc2c(c1C=CC#N)C(=O)C(=O)N2. The highest BCUT2D eigenvalue weighted by molar-refractivity contribution is 6.52. The summed E-state index contributed by atoms with van der Waals surface area (Å²) in [5.41, 5.74) is 2.35. The van der Waals surface area contributed by atoms with Crippen molar-refractivity contribution in [2.75, 3.05) is 5.32 Å². The van der Waals surface area contributed by atoms with Crippen LogP contribution < -0.4 is 5.32 Å². The summed E-state index contributed by atoms with van der Waals surface area (Å²) in [4.78, 5) is 22.8. The molecule has 0 bridgehead atoms. The zero-order chi connectivity index (χ0) is 11.7. The van der Waals surface area contributed by atoms with Gasteiger partial charge in [-0.2, -0.15) is 5.26 Å². The number of nitriles is 1. The molecule has 1 aliphatic heterocycles. The Morgan fingerprint density at radius 3 is 2.81 bits per heavy atom. The summed E-state index contributed by atoms with van der Waals surface area (Å²) >= 11 is 0. The van der Waals surface area contributed by atoms with Crippen molar-refractivity contribution in [2.24, 2.45) is 0 Å². The second-order valence-corrected chi connectivity index (χ2v) is 3.46. The number of amides is 1. The van der Waals surface area contributed by atoms with Crippen LogP contribution in [0.1, 0.15) is 21.5 Å². The Morgan fingerprint density at radius 2 is 2.12 bits per heavy atom. The van der Waals surface area contributed by atoms with Gasteiger partial charge in [0.2, 0.25) is 0 Å². The van der Waals surface area contributed by atoms with Crippen molar-refractivity contribution < 1.29 is 9.59 Å². The van der Waals surface area contributed by atoms with Crippen molar-refractivity contribution in [2.45, 2.75) is 6.92 Å². The highest BCUT2D eigenvalue weighted by Gasteiger charge is 2.30. The van der Waals surface area contributed by atoms with Gasteiger partial charge in [0.1, 0.15) is 0 Å². The van der Waals surface area contributed by atoms with Gasteiger partial charge in [0.25, 0.3) is 11.7 Å². The molecular weight excluding hydrogens is 204 g/mol. The van der Waals surface area contributed by atoms with E-state index in [1.807, 2.05) is 13.0 Å². The van der Waals surface area contributed by atoms with Gasteiger partial charge in [0, 0.05) is 6.08 Å². The van der Waals surface area contributed by atoms with Crippen molar-refractivity contribution in [1.29, 1.82) is 5.26 Å². The molecule has 1 heterocycles. The number of Topliss-reactive ketones (excluding diaryl/α,β-unsaturated/α-hetero) is 1. The van der Waals surface area contributed by atoms with E-state index in [4.69, 9.17) is 5.26 Å². The monoisotopic (exact) mass is 212 g/mol. The zero-order valence-electron chi connectivity index (χ0n) is 8.57. The van der Waals surface area contributed by atoms with Gasteiger partial charge in [-0.3, -0.25) is 9.59 Å². The van der Waals surface area contributed by atoms with Gasteiger partial charge >= 0.3 is 0 Å². The molecule has 78 valence electrons. The molecule has 4 nitrogen and oxygen atoms in total. The summed E-state index contributed by atoms with van der Waals surface area (Å²) in [5, 5.41) is 11.0. The van der Waals surface area contributed by atoms with E-state index in [2.05, 4.69) is 5.32 Å². The van der Waals surface area contributed by atoms with Crippen LogP contribution in [0.2, 0.25) is 0 Å². The molecule has 0 radical (unpaired) electrons. The number of ketones is 1. The van der Waals surface area contributed by atoms with Crippen LogP contribution in [0, 0.1) is 18.3 Å². The molecule has 0 fully saturated rings. The van der Waals surface area contributed by atoms with Crippen LogP contribution in [0.25, 0.3) is 6.08 Å². The van der Waals surface area contributed by atoms with E-state index in [-0.39, 0.29) is 0 Å². The highest BCUT2D eigenvalue weighted by atomic mass is 16.2. The smallest absolute Gasteiger partial charge is 0.296 e. The van der Waals surface area contributed by atoms with E-state index >= 15 is 0 Å². The van der Waals surface area contributed by atoms with Gasteiger partial charge in [-0.05, 0) is 30.2 Å². The Bertz CT molecular complexity index is 565. The number of carbonyl (C=O) groups is 2. The fourth-order valence-corrected chi connectivity index (χ4v) is 1.70. The van der Waals surface area contributed by atoms with Gasteiger partial charge < -0.3 is 5.32 Å². The van der Waals surface area contributed by atoms with E-state index in [0.29, 0.717) is 16.8 Å². The molecule has 1 aromatic carbocycles. The van der Waals surface area contributed by atoms with Gasteiger partial charge in [-0.15, -0.1) is 0 Å². The third-order valence-electron chi connectivity index (χ3n) is 2.47. The first kappa shape index (κ1) is 10.1. The number of allylic oxidation sites excluding steroid dienone is 1. The summed E-state index contributed by atoms with van der Waals surface area (Å²) in [6.45, 7) is 1.83. The van der Waals surface area contributed by atoms with Crippen LogP contribution in [0.15, 0.2) is 18.2 Å². The number of nitrogens with zero attached hydrogens (tertiary/aromatic N) is 1. The van der Waals surface area contributed by atoms with Crippen molar-refractivity contribution in [1.82, 2.24) is 0 Å². The van der Waals surface area contributed by atoms with Crippen LogP contribution in [0.5, 0.6) is 0 Å². The van der Waals surface area contributed by atoms with Crippen molar-refractivity contribution in [3.8, 4) is 6.07 Å². The number of nitrogens with one attached hydrogen (secondary N) is 1. The van der Waals surface area contributed by atoms with E-state index < -0.39 is 11.7 Å². The van der Waals surface area contributed by atoms with Gasteiger partial charge in [-0.25, -0.2) is 0 Å². The number of hydrogen-bond donors (Lipinski definition) is 1. The molecule has 0 aliphatic carbocycles. The molecule has 1 amide bonds. The molecule has 1 aromatic rings. The maximum atomic E-state index is 11.6. The lowest BCUT2D eigenvalue weighted by Gasteiger charge is -2.04. The van der Waals surface area contributed by atoms with Crippen LogP contribution in [-0.4, -0.2) is 11.7 Å². The van der Waals surface area contributed by atoms with Crippen molar-refractivity contribution >= 4 is 23.5 Å². The summed E-state index contributed by atoms with van der Waals surface area (Å²) in [7, 11) is 0. The van der Waals surface area contributed by atoms with Gasteiger partial charge in [0.05, 0.1) is 17.3 Å². The minimum atomic E-state index is -0.618. The molecule has 4 heteroatoms. The molecule has 0 saturated heterocycles. The predicted molar refractivity (Wildman–Crippen MR) is 58.8 cm³/mol. The average molecular weight is 212 g/mol. The van der Waals surface area contributed by atoms with Crippen molar-refractivity contribution in [3.63, 3.8) is 0 Å². The second kappa shape index (κ2) is 3.63. The first-order chi connectivity index (χ1) is 7.65. The van der Waals surface area contributed by atoms with Crippen molar-refractivity contribution in [3.05, 3.63) is 34.9 Å². The first-order valence-corrected chi connectivity index (χ1v) is 4.70. The minimum Gasteiger partial charge on any atom is -0.318 e. The van der Waals surface area contributed by atoms with E-state index in [9.17, 15) is 9.59 Å². The number of rotatable bonds is 1. The lowest BCUT2D eigenvalue weighted by Crippen LogP contribution is -2.13. The van der Waals surface area contributed by atoms with Crippen LogP contribution in [0.3, 0.4) is 0 Å². The number of anilines is 1. The zero-order valence-corrected chi connectivity index (χ0v) is 8.57.